The molecule has 2 aromatic carbocycles. The number of nitrogens with zero attached hydrogens (tertiary/aromatic N) is 4. The molecule has 5 rings (SSSR count). The molecule has 0 unspecified atom stereocenters. The maximum absolute atomic E-state index is 15.7. The number of aromatic nitrogens is 4. The summed E-state index contributed by atoms with van der Waals surface area (Å²) >= 11 is 5.92. The van der Waals surface area contributed by atoms with Crippen LogP contribution in [0.1, 0.15) is 54.1 Å². The van der Waals surface area contributed by atoms with E-state index in [1.165, 1.54) is 29.1 Å². The maximum Gasteiger partial charge on any atom is 0.411 e. The third kappa shape index (κ3) is 6.09. The van der Waals surface area contributed by atoms with E-state index in [2.05, 4.69) is 36.0 Å². The molecule has 4 aromatic rings. The number of ether oxygens (including phenoxy) is 1. The van der Waals surface area contributed by atoms with E-state index in [-0.39, 0.29) is 27.8 Å². The Bertz CT molecular complexity index is 1760. The first kappa shape index (κ1) is 30.5. The van der Waals surface area contributed by atoms with Gasteiger partial charge in [-0.3, -0.25) is 19.9 Å². The van der Waals surface area contributed by atoms with E-state index < -0.39 is 41.5 Å². The van der Waals surface area contributed by atoms with E-state index in [0.717, 1.165) is 7.11 Å². The number of hydrogen-bond donors (Lipinski definition) is 3. The van der Waals surface area contributed by atoms with Crippen LogP contribution < -0.4 is 16.0 Å². The molecule has 0 aliphatic carbocycles. The number of carbonyl (C=O) groups is 3. The molecule has 14 heteroatoms. The quantitative estimate of drug-likeness (QED) is 0.254. The molecule has 0 saturated heterocycles. The van der Waals surface area contributed by atoms with Crippen LogP contribution in [0.3, 0.4) is 0 Å². The van der Waals surface area contributed by atoms with Crippen LogP contribution in [0.2, 0.25) is 5.02 Å². The highest BCUT2D eigenvalue weighted by molar-refractivity contribution is 6.30. The molecule has 3 N–H and O–H groups in total. The molecule has 0 spiro atoms. The number of methoxy groups -OCH3 is 1. The second-order valence-corrected chi connectivity index (χ2v) is 10.7. The van der Waals surface area contributed by atoms with Gasteiger partial charge in [0.1, 0.15) is 5.69 Å². The average Bonchev–Trinajstić information content (AvgIpc) is 3.40. The summed E-state index contributed by atoms with van der Waals surface area (Å²) in [6, 6.07) is 10.1. The van der Waals surface area contributed by atoms with Gasteiger partial charge >= 0.3 is 6.09 Å². The van der Waals surface area contributed by atoms with Crippen molar-refractivity contribution in [2.45, 2.75) is 39.2 Å². The highest BCUT2D eigenvalue weighted by Gasteiger charge is 2.27. The molecule has 1 aliphatic heterocycles. The average molecular weight is 624 g/mol. The molecule has 2 atom stereocenters. The molecule has 3 amide bonds. The SMILES string of the molecule is COC(=O)Nc1ccc2c(c1F)NC(=O)[C@H](C)CCC[C@H](NC(=O)c1nnn(-c3cccc(Cl)c3F)c1C)c1cc-2ccn1. The van der Waals surface area contributed by atoms with Crippen molar-refractivity contribution in [1.82, 2.24) is 25.3 Å². The van der Waals surface area contributed by atoms with Crippen LogP contribution in [0.5, 0.6) is 0 Å². The van der Waals surface area contributed by atoms with Crippen molar-refractivity contribution in [3.63, 3.8) is 0 Å². The van der Waals surface area contributed by atoms with Gasteiger partial charge in [-0.15, -0.1) is 5.10 Å². The van der Waals surface area contributed by atoms with Gasteiger partial charge in [0.25, 0.3) is 5.91 Å². The lowest BCUT2D eigenvalue weighted by molar-refractivity contribution is -0.119. The molecule has 2 aromatic heterocycles. The minimum atomic E-state index is -0.866. The third-order valence-corrected chi connectivity index (χ3v) is 7.71. The number of halogens is 3. The lowest BCUT2D eigenvalue weighted by atomic mass is 9.95. The maximum atomic E-state index is 15.7. The summed E-state index contributed by atoms with van der Waals surface area (Å²) < 4.78 is 36.1. The zero-order valence-corrected chi connectivity index (χ0v) is 24.7. The minimum Gasteiger partial charge on any atom is -0.453 e. The van der Waals surface area contributed by atoms with Crippen LogP contribution in [0, 0.1) is 24.5 Å². The topological polar surface area (TPSA) is 140 Å². The van der Waals surface area contributed by atoms with Gasteiger partial charge in [0.15, 0.2) is 17.3 Å². The number of nitrogens with one attached hydrogen (secondary N) is 3. The Labute approximate surface area is 256 Å². The highest BCUT2D eigenvalue weighted by Crippen LogP contribution is 2.36. The number of rotatable bonds is 4. The Kier molecular flexibility index (Phi) is 8.86. The van der Waals surface area contributed by atoms with Crippen LogP contribution in [0.15, 0.2) is 48.7 Å². The van der Waals surface area contributed by atoms with Crippen molar-refractivity contribution < 1.29 is 27.9 Å². The Hall–Kier alpha value is -4.91. The van der Waals surface area contributed by atoms with E-state index in [1.807, 2.05) is 0 Å². The second kappa shape index (κ2) is 12.8. The van der Waals surface area contributed by atoms with Crippen molar-refractivity contribution in [1.29, 1.82) is 0 Å². The van der Waals surface area contributed by atoms with Gasteiger partial charge in [-0.25, -0.2) is 18.3 Å². The zero-order chi connectivity index (χ0) is 31.5. The number of carbonyl (C=O) groups excluding carboxylic acids is 3. The predicted octanol–water partition coefficient (Wildman–Crippen LogP) is 5.98. The first-order chi connectivity index (χ1) is 21.1. The molecular formula is C30H28ClF2N7O4. The van der Waals surface area contributed by atoms with Crippen LogP contribution in [-0.2, 0) is 9.53 Å². The normalized spacial score (nSPS) is 16.5. The number of hydrogen-bond acceptors (Lipinski definition) is 7. The number of amides is 3. The molecule has 0 fully saturated rings. The Morgan fingerprint density at radius 2 is 1.93 bits per heavy atom. The summed E-state index contributed by atoms with van der Waals surface area (Å²) in [5.74, 6) is -3.01. The molecule has 44 heavy (non-hydrogen) atoms. The van der Waals surface area contributed by atoms with Crippen LogP contribution in [0.4, 0.5) is 25.0 Å². The van der Waals surface area contributed by atoms with E-state index in [0.29, 0.717) is 41.8 Å². The monoisotopic (exact) mass is 623 g/mol. The number of fused-ring (bicyclic) bond motifs is 4. The number of pyridine rings is 1. The van der Waals surface area contributed by atoms with E-state index in [4.69, 9.17) is 11.6 Å². The smallest absolute Gasteiger partial charge is 0.411 e. The van der Waals surface area contributed by atoms with E-state index in [1.54, 1.807) is 38.1 Å². The van der Waals surface area contributed by atoms with Crippen LogP contribution in [0.25, 0.3) is 16.8 Å². The summed E-state index contributed by atoms with van der Waals surface area (Å²) in [7, 11) is 1.15. The first-order valence-electron chi connectivity index (χ1n) is 13.7. The zero-order valence-electron chi connectivity index (χ0n) is 24.0. The highest BCUT2D eigenvalue weighted by atomic mass is 35.5. The molecule has 228 valence electrons. The fraction of sp³-hybridized carbons (Fsp3) is 0.267. The summed E-state index contributed by atoms with van der Waals surface area (Å²) in [6.45, 7) is 3.31. The molecule has 3 heterocycles. The molecule has 0 radical (unpaired) electrons. The van der Waals surface area contributed by atoms with Gasteiger partial charge in [-0.05, 0) is 55.7 Å². The summed E-state index contributed by atoms with van der Waals surface area (Å²) in [5, 5.41) is 15.8. The molecule has 1 aliphatic rings. The van der Waals surface area contributed by atoms with Gasteiger partial charge in [-0.2, -0.15) is 0 Å². The molecular weight excluding hydrogens is 596 g/mol. The standard InChI is InChI=1S/C30H28ClF2N7O4/c1-15-6-4-8-20(35-29(42)26-16(2)40(39-38-26)23-9-5-7-19(31)24(23)32)22-14-17(12-13-34-22)18-10-11-21(36-30(43)44-3)25(33)27(18)37-28(15)41/h5,7,9-15,20H,4,6,8H2,1-3H3,(H,35,42)(H,36,43)(H,37,41)/t15-,20+/m1/s1. The largest absolute Gasteiger partial charge is 0.453 e. The number of anilines is 2. The first-order valence-corrected chi connectivity index (χ1v) is 14.1. The number of benzene rings is 2. The molecule has 11 nitrogen and oxygen atoms in total. The van der Waals surface area contributed by atoms with Crippen molar-refractivity contribution in [2.75, 3.05) is 17.7 Å². The van der Waals surface area contributed by atoms with Crippen molar-refractivity contribution >= 4 is 40.9 Å². The second-order valence-electron chi connectivity index (χ2n) is 10.3. The van der Waals surface area contributed by atoms with Gasteiger partial charge in [-0.1, -0.05) is 42.3 Å². The van der Waals surface area contributed by atoms with Crippen molar-refractivity contribution in [3.05, 3.63) is 82.4 Å². The summed E-state index contributed by atoms with van der Waals surface area (Å²) in [5.41, 5.74) is 1.39. The summed E-state index contributed by atoms with van der Waals surface area (Å²) in [4.78, 5) is 42.8. The summed E-state index contributed by atoms with van der Waals surface area (Å²) in [6.07, 6.45) is 2.03. The van der Waals surface area contributed by atoms with Gasteiger partial charge in [0.05, 0.1) is 40.9 Å². The fourth-order valence-corrected chi connectivity index (χ4v) is 5.12. The lowest BCUT2D eigenvalue weighted by Crippen LogP contribution is -2.30. The minimum absolute atomic E-state index is 0.0163. The Morgan fingerprint density at radius 3 is 2.70 bits per heavy atom. The molecule has 2 bridgehead atoms. The van der Waals surface area contributed by atoms with Crippen molar-refractivity contribution in [3.8, 4) is 16.8 Å². The Morgan fingerprint density at radius 1 is 1.14 bits per heavy atom. The van der Waals surface area contributed by atoms with E-state index in [9.17, 15) is 18.8 Å². The van der Waals surface area contributed by atoms with Gasteiger partial charge in [0, 0.05) is 17.7 Å². The van der Waals surface area contributed by atoms with Crippen molar-refractivity contribution in [2.24, 2.45) is 5.92 Å². The predicted molar refractivity (Wildman–Crippen MR) is 159 cm³/mol. The third-order valence-electron chi connectivity index (χ3n) is 7.41. The van der Waals surface area contributed by atoms with E-state index >= 15 is 4.39 Å². The molecule has 0 saturated carbocycles. The fourth-order valence-electron chi connectivity index (χ4n) is 4.95. The lowest BCUT2D eigenvalue weighted by Gasteiger charge is -2.22. The van der Waals surface area contributed by atoms with Gasteiger partial charge < -0.3 is 15.4 Å². The van der Waals surface area contributed by atoms with Crippen LogP contribution in [-0.4, -0.2) is 45.0 Å². The Balaban J connectivity index is 1.51. The van der Waals surface area contributed by atoms with Gasteiger partial charge in [0.2, 0.25) is 5.91 Å². The van der Waals surface area contributed by atoms with Crippen LogP contribution >= 0.6 is 11.6 Å².